The first-order chi connectivity index (χ1) is 7.94. The van der Waals surface area contributed by atoms with E-state index in [0.717, 1.165) is 0 Å². The molecule has 0 heterocycles. The van der Waals surface area contributed by atoms with E-state index >= 15 is 0 Å². The number of amides is 1. The molecule has 4 nitrogen and oxygen atoms in total. The number of hydrogen-bond acceptors (Lipinski definition) is 3. The summed E-state index contributed by atoms with van der Waals surface area (Å²) >= 11 is 0. The molecule has 0 aliphatic rings. The third-order valence-corrected chi connectivity index (χ3v) is 2.57. The van der Waals surface area contributed by atoms with Crippen molar-refractivity contribution < 1.29 is 9.53 Å². The third-order valence-electron chi connectivity index (χ3n) is 2.57. The minimum Gasteiger partial charge on any atom is -0.495 e. The molecule has 1 rings (SSSR count). The zero-order valence-electron chi connectivity index (χ0n) is 10.5. The molecule has 0 aliphatic carbocycles. The minimum absolute atomic E-state index is 0.260. The summed E-state index contributed by atoms with van der Waals surface area (Å²) in [4.78, 5) is 13.6. The van der Waals surface area contributed by atoms with Gasteiger partial charge in [-0.05, 0) is 26.0 Å². The van der Waals surface area contributed by atoms with Gasteiger partial charge in [-0.15, -0.1) is 0 Å². The zero-order valence-corrected chi connectivity index (χ0v) is 10.5. The lowest BCUT2D eigenvalue weighted by atomic mass is 9.94. The van der Waals surface area contributed by atoms with E-state index < -0.39 is 5.41 Å². The number of carbonyl (C=O) groups is 1. The van der Waals surface area contributed by atoms with Crippen LogP contribution >= 0.6 is 0 Å². The maximum Gasteiger partial charge on any atom is 0.246 e. The maximum atomic E-state index is 12.1. The van der Waals surface area contributed by atoms with Gasteiger partial charge in [0.1, 0.15) is 11.2 Å². The minimum atomic E-state index is -1.05. The van der Waals surface area contributed by atoms with Crippen LogP contribution in [0, 0.1) is 16.7 Å². The Labute approximate surface area is 101 Å². The molecule has 1 aromatic rings. The fraction of sp³-hybridized carbons (Fsp3) is 0.385. The molecule has 0 saturated heterocycles. The number of benzene rings is 1. The number of anilines is 1. The quantitative estimate of drug-likeness (QED) is 0.802. The molecule has 0 spiro atoms. The van der Waals surface area contributed by atoms with E-state index in [1.165, 1.54) is 4.90 Å². The zero-order chi connectivity index (χ0) is 13.1. The summed E-state index contributed by atoms with van der Waals surface area (Å²) < 4.78 is 5.19. The largest absolute Gasteiger partial charge is 0.495 e. The molecule has 0 saturated carbocycles. The van der Waals surface area contributed by atoms with Gasteiger partial charge in [0.05, 0.1) is 18.9 Å². The number of nitriles is 1. The number of carbonyl (C=O) groups excluding carboxylic acids is 1. The summed E-state index contributed by atoms with van der Waals surface area (Å²) in [5.74, 6) is 0.349. The predicted molar refractivity (Wildman–Crippen MR) is 65.8 cm³/mol. The molecule has 0 unspecified atom stereocenters. The normalized spacial score (nSPS) is 10.5. The molecule has 4 heteroatoms. The summed E-state index contributed by atoms with van der Waals surface area (Å²) in [6.07, 6.45) is 0. The van der Waals surface area contributed by atoms with Crippen LogP contribution in [-0.2, 0) is 4.79 Å². The van der Waals surface area contributed by atoms with Crippen molar-refractivity contribution in [3.8, 4) is 11.8 Å². The van der Waals surface area contributed by atoms with Gasteiger partial charge in [0.2, 0.25) is 5.91 Å². The highest BCUT2D eigenvalue weighted by Crippen LogP contribution is 2.29. The Morgan fingerprint density at radius 2 is 2.00 bits per heavy atom. The molecule has 17 heavy (non-hydrogen) atoms. The van der Waals surface area contributed by atoms with Gasteiger partial charge in [-0.2, -0.15) is 5.26 Å². The first-order valence-corrected chi connectivity index (χ1v) is 5.26. The van der Waals surface area contributed by atoms with Gasteiger partial charge < -0.3 is 9.64 Å². The van der Waals surface area contributed by atoms with Crippen LogP contribution in [0.2, 0.25) is 0 Å². The Hall–Kier alpha value is -2.02. The summed E-state index contributed by atoms with van der Waals surface area (Å²) in [6.45, 7) is 3.20. The summed E-state index contributed by atoms with van der Waals surface area (Å²) in [7, 11) is 3.19. The predicted octanol–water partition coefficient (Wildman–Crippen LogP) is 2.21. The van der Waals surface area contributed by atoms with E-state index in [1.807, 2.05) is 18.2 Å². The lowest BCUT2D eigenvalue weighted by Gasteiger charge is -2.25. The summed E-state index contributed by atoms with van der Waals surface area (Å²) in [6, 6.07) is 9.21. The Bertz CT molecular complexity index is 461. The summed E-state index contributed by atoms with van der Waals surface area (Å²) in [5, 5.41) is 8.96. The molecule has 0 N–H and O–H groups in total. The Morgan fingerprint density at radius 3 is 2.53 bits per heavy atom. The van der Waals surface area contributed by atoms with E-state index in [2.05, 4.69) is 0 Å². The van der Waals surface area contributed by atoms with Crippen LogP contribution < -0.4 is 9.64 Å². The highest BCUT2D eigenvalue weighted by Gasteiger charge is 2.31. The topological polar surface area (TPSA) is 53.3 Å². The number of ether oxygens (including phenoxy) is 1. The molecular formula is C13H16N2O2. The molecule has 0 bridgehead atoms. The van der Waals surface area contributed by atoms with Crippen molar-refractivity contribution in [3.05, 3.63) is 24.3 Å². The lowest BCUT2D eigenvalue weighted by Crippen LogP contribution is -2.37. The molecule has 0 aliphatic heterocycles. The second-order valence-electron chi connectivity index (χ2n) is 4.27. The van der Waals surface area contributed by atoms with E-state index in [0.29, 0.717) is 11.4 Å². The third kappa shape index (κ3) is 2.56. The summed E-state index contributed by atoms with van der Waals surface area (Å²) in [5.41, 5.74) is -0.390. The van der Waals surface area contributed by atoms with Gasteiger partial charge in [-0.1, -0.05) is 12.1 Å². The standard InChI is InChI=1S/C13H16N2O2/c1-13(2,9-14)12(16)15(3)10-7-5-6-8-11(10)17-4/h5-8H,1-4H3. The number of nitrogens with zero attached hydrogens (tertiary/aromatic N) is 2. The van der Waals surface area contributed by atoms with Crippen molar-refractivity contribution in [2.75, 3.05) is 19.1 Å². The number of methoxy groups -OCH3 is 1. The number of hydrogen-bond donors (Lipinski definition) is 0. The van der Waals surface area contributed by atoms with Crippen molar-refractivity contribution in [1.29, 1.82) is 5.26 Å². The molecular weight excluding hydrogens is 216 g/mol. The smallest absolute Gasteiger partial charge is 0.246 e. The van der Waals surface area contributed by atoms with E-state index in [1.54, 1.807) is 40.1 Å². The number of rotatable bonds is 3. The highest BCUT2D eigenvalue weighted by molar-refractivity contribution is 5.99. The highest BCUT2D eigenvalue weighted by atomic mass is 16.5. The Morgan fingerprint density at radius 1 is 1.41 bits per heavy atom. The van der Waals surface area contributed by atoms with Gasteiger partial charge in [0.15, 0.2) is 0 Å². The first-order valence-electron chi connectivity index (χ1n) is 5.26. The van der Waals surface area contributed by atoms with Crippen molar-refractivity contribution in [3.63, 3.8) is 0 Å². The first kappa shape index (κ1) is 13.0. The second-order valence-corrected chi connectivity index (χ2v) is 4.27. The molecule has 1 aromatic carbocycles. The fourth-order valence-electron chi connectivity index (χ4n) is 1.48. The maximum absolute atomic E-state index is 12.1. The number of para-hydroxylation sites is 2. The fourth-order valence-corrected chi connectivity index (χ4v) is 1.48. The molecule has 0 radical (unpaired) electrons. The van der Waals surface area contributed by atoms with Crippen molar-refractivity contribution >= 4 is 11.6 Å². The second kappa shape index (κ2) is 4.88. The van der Waals surface area contributed by atoms with Crippen LogP contribution in [0.25, 0.3) is 0 Å². The van der Waals surface area contributed by atoms with Crippen molar-refractivity contribution in [2.45, 2.75) is 13.8 Å². The van der Waals surface area contributed by atoms with Crippen LogP contribution in [0.5, 0.6) is 5.75 Å². The lowest BCUT2D eigenvalue weighted by molar-refractivity contribution is -0.123. The van der Waals surface area contributed by atoms with Gasteiger partial charge >= 0.3 is 0 Å². The van der Waals surface area contributed by atoms with Crippen LogP contribution in [0.3, 0.4) is 0 Å². The monoisotopic (exact) mass is 232 g/mol. The van der Waals surface area contributed by atoms with E-state index in [-0.39, 0.29) is 5.91 Å². The van der Waals surface area contributed by atoms with Crippen LogP contribution in [-0.4, -0.2) is 20.1 Å². The van der Waals surface area contributed by atoms with Gasteiger partial charge in [0, 0.05) is 7.05 Å². The average Bonchev–Trinajstić information content (AvgIpc) is 2.36. The molecule has 0 aromatic heterocycles. The van der Waals surface area contributed by atoms with E-state index in [4.69, 9.17) is 10.00 Å². The van der Waals surface area contributed by atoms with Crippen LogP contribution in [0.4, 0.5) is 5.69 Å². The van der Waals surface area contributed by atoms with E-state index in [9.17, 15) is 4.79 Å². The SMILES string of the molecule is COc1ccccc1N(C)C(=O)C(C)(C)C#N. The van der Waals surface area contributed by atoms with Gasteiger partial charge in [0.25, 0.3) is 0 Å². The van der Waals surface area contributed by atoms with Crippen LogP contribution in [0.15, 0.2) is 24.3 Å². The molecule has 0 atom stereocenters. The molecule has 0 fully saturated rings. The average molecular weight is 232 g/mol. The van der Waals surface area contributed by atoms with Gasteiger partial charge in [-0.25, -0.2) is 0 Å². The molecule has 90 valence electrons. The molecule has 1 amide bonds. The van der Waals surface area contributed by atoms with Crippen LogP contribution in [0.1, 0.15) is 13.8 Å². The van der Waals surface area contributed by atoms with Gasteiger partial charge in [-0.3, -0.25) is 4.79 Å². The Balaban J connectivity index is 3.10. The van der Waals surface area contributed by atoms with Crippen molar-refractivity contribution in [1.82, 2.24) is 0 Å². The Kier molecular flexibility index (Phi) is 3.74. The van der Waals surface area contributed by atoms with Crippen molar-refractivity contribution in [2.24, 2.45) is 5.41 Å².